The number of aromatic nitrogens is 2. The average Bonchev–Trinajstić information content (AvgIpc) is 2.97. The molecular formula is C18H18N2S3. The predicted octanol–water partition coefficient (Wildman–Crippen LogP) is 5.97. The Kier molecular flexibility index (Phi) is 4.60. The molecule has 2 heterocycles. The Balaban J connectivity index is 1.61. The molecule has 1 aliphatic carbocycles. The number of hydrogen-bond donors (Lipinski definition) is 0. The molecular weight excluding hydrogens is 340 g/mol. The summed E-state index contributed by atoms with van der Waals surface area (Å²) >= 11 is 5.59. The summed E-state index contributed by atoms with van der Waals surface area (Å²) in [5.41, 5.74) is 3.80. The maximum absolute atomic E-state index is 4.83. The molecule has 5 heteroatoms. The van der Waals surface area contributed by atoms with Crippen LogP contribution in [-0.2, 0) is 6.42 Å². The van der Waals surface area contributed by atoms with Crippen LogP contribution in [0.25, 0.3) is 10.2 Å². The number of aryl methyl sites for hydroxylation is 1. The first kappa shape index (κ1) is 15.5. The van der Waals surface area contributed by atoms with E-state index in [-0.39, 0.29) is 0 Å². The van der Waals surface area contributed by atoms with Gasteiger partial charge in [0, 0.05) is 11.1 Å². The second-order valence-electron chi connectivity index (χ2n) is 5.59. The SMILES string of the molecule is CCSc1ccc2nc(SC3CCCc4cccnc43)sc2c1. The van der Waals surface area contributed by atoms with Crippen LogP contribution in [-0.4, -0.2) is 15.7 Å². The van der Waals surface area contributed by atoms with Crippen molar-refractivity contribution in [2.45, 2.75) is 40.7 Å². The highest BCUT2D eigenvalue weighted by Gasteiger charge is 2.23. The van der Waals surface area contributed by atoms with Crippen LogP contribution in [0.3, 0.4) is 0 Å². The van der Waals surface area contributed by atoms with Crippen LogP contribution in [0, 0.1) is 0 Å². The highest BCUT2D eigenvalue weighted by molar-refractivity contribution is 8.01. The molecule has 1 aliphatic rings. The highest BCUT2D eigenvalue weighted by Crippen LogP contribution is 2.44. The fourth-order valence-corrected chi connectivity index (χ4v) is 6.32. The third kappa shape index (κ3) is 3.28. The van der Waals surface area contributed by atoms with Crippen LogP contribution in [0.1, 0.15) is 36.3 Å². The maximum Gasteiger partial charge on any atom is 0.151 e. The summed E-state index contributed by atoms with van der Waals surface area (Å²) in [5, 5.41) is 0.449. The van der Waals surface area contributed by atoms with Crippen LogP contribution < -0.4 is 0 Å². The van der Waals surface area contributed by atoms with Crippen LogP contribution >= 0.6 is 34.9 Å². The Morgan fingerprint density at radius 2 is 2.26 bits per heavy atom. The van der Waals surface area contributed by atoms with Crippen molar-refractivity contribution in [3.8, 4) is 0 Å². The molecule has 1 atom stereocenters. The molecule has 0 amide bonds. The molecule has 0 bridgehead atoms. The summed E-state index contributed by atoms with van der Waals surface area (Å²) in [5.74, 6) is 1.11. The summed E-state index contributed by atoms with van der Waals surface area (Å²) in [4.78, 5) is 10.8. The van der Waals surface area contributed by atoms with E-state index in [9.17, 15) is 0 Å². The minimum absolute atomic E-state index is 0.449. The molecule has 118 valence electrons. The minimum atomic E-state index is 0.449. The van der Waals surface area contributed by atoms with E-state index in [0.717, 1.165) is 17.7 Å². The number of hydrogen-bond acceptors (Lipinski definition) is 5. The number of benzene rings is 1. The van der Waals surface area contributed by atoms with Crippen molar-refractivity contribution in [2.24, 2.45) is 0 Å². The molecule has 0 fully saturated rings. The number of thioether (sulfide) groups is 2. The topological polar surface area (TPSA) is 25.8 Å². The summed E-state index contributed by atoms with van der Waals surface area (Å²) in [6.45, 7) is 2.19. The Labute approximate surface area is 149 Å². The van der Waals surface area contributed by atoms with E-state index < -0.39 is 0 Å². The fraction of sp³-hybridized carbons (Fsp3) is 0.333. The number of thiazole rings is 1. The summed E-state index contributed by atoms with van der Waals surface area (Å²) in [6, 6.07) is 10.9. The Morgan fingerprint density at radius 1 is 1.30 bits per heavy atom. The third-order valence-electron chi connectivity index (χ3n) is 4.04. The lowest BCUT2D eigenvalue weighted by atomic mass is 9.96. The predicted molar refractivity (Wildman–Crippen MR) is 102 cm³/mol. The molecule has 1 unspecified atom stereocenters. The molecule has 3 aromatic rings. The molecule has 0 N–H and O–H groups in total. The molecule has 2 aromatic heterocycles. The van der Waals surface area contributed by atoms with Gasteiger partial charge < -0.3 is 0 Å². The van der Waals surface area contributed by atoms with Gasteiger partial charge in [-0.05, 0) is 54.8 Å². The average molecular weight is 359 g/mol. The molecule has 0 radical (unpaired) electrons. The van der Waals surface area contributed by atoms with Gasteiger partial charge in [0.25, 0.3) is 0 Å². The highest BCUT2D eigenvalue weighted by atomic mass is 32.2. The van der Waals surface area contributed by atoms with Gasteiger partial charge in [-0.15, -0.1) is 23.1 Å². The van der Waals surface area contributed by atoms with Crippen molar-refractivity contribution in [3.63, 3.8) is 0 Å². The second kappa shape index (κ2) is 6.83. The zero-order chi connectivity index (χ0) is 15.6. The van der Waals surface area contributed by atoms with Crippen molar-refractivity contribution < 1.29 is 0 Å². The van der Waals surface area contributed by atoms with Gasteiger partial charge in [-0.25, -0.2) is 4.98 Å². The standard InChI is InChI=1S/C18H18N2S3/c1-2-21-13-8-9-14-16(11-13)23-18(20-14)22-15-7-3-5-12-6-4-10-19-17(12)15/h4,6,8-11,15H,2-3,5,7H2,1H3. The van der Waals surface area contributed by atoms with Gasteiger partial charge in [-0.2, -0.15) is 0 Å². The van der Waals surface area contributed by atoms with Crippen molar-refractivity contribution in [3.05, 3.63) is 47.8 Å². The monoisotopic (exact) mass is 358 g/mol. The lowest BCUT2D eigenvalue weighted by Gasteiger charge is -2.22. The lowest BCUT2D eigenvalue weighted by molar-refractivity contribution is 0.656. The zero-order valence-corrected chi connectivity index (χ0v) is 15.4. The van der Waals surface area contributed by atoms with Crippen molar-refractivity contribution in [1.29, 1.82) is 0 Å². The zero-order valence-electron chi connectivity index (χ0n) is 13.0. The van der Waals surface area contributed by atoms with Crippen LogP contribution in [0.2, 0.25) is 0 Å². The van der Waals surface area contributed by atoms with Crippen LogP contribution in [0.15, 0.2) is 45.8 Å². The Morgan fingerprint density at radius 3 is 3.17 bits per heavy atom. The molecule has 0 saturated carbocycles. The third-order valence-corrected chi connectivity index (χ3v) is 7.30. The van der Waals surface area contributed by atoms with E-state index in [1.54, 1.807) is 0 Å². The van der Waals surface area contributed by atoms with E-state index in [0.29, 0.717) is 5.25 Å². The number of pyridine rings is 1. The fourth-order valence-electron chi connectivity index (χ4n) is 2.99. The van der Waals surface area contributed by atoms with Crippen LogP contribution in [0.5, 0.6) is 0 Å². The first-order chi connectivity index (χ1) is 11.3. The van der Waals surface area contributed by atoms with Gasteiger partial charge in [0.1, 0.15) is 0 Å². The van der Waals surface area contributed by atoms with Gasteiger partial charge in [0.15, 0.2) is 4.34 Å². The van der Waals surface area contributed by atoms with Gasteiger partial charge >= 0.3 is 0 Å². The van der Waals surface area contributed by atoms with Crippen molar-refractivity contribution >= 4 is 45.1 Å². The van der Waals surface area contributed by atoms with Gasteiger partial charge in [-0.1, -0.05) is 24.8 Å². The van der Waals surface area contributed by atoms with E-state index in [4.69, 9.17) is 4.98 Å². The number of nitrogens with zero attached hydrogens (tertiary/aromatic N) is 2. The van der Waals surface area contributed by atoms with E-state index in [1.807, 2.05) is 41.1 Å². The summed E-state index contributed by atoms with van der Waals surface area (Å²) < 4.78 is 2.46. The van der Waals surface area contributed by atoms with E-state index >= 15 is 0 Å². The normalized spacial score (nSPS) is 17.3. The molecule has 23 heavy (non-hydrogen) atoms. The lowest BCUT2D eigenvalue weighted by Crippen LogP contribution is -2.08. The number of rotatable bonds is 4. The Bertz CT molecular complexity index is 828. The quantitative estimate of drug-likeness (QED) is 0.536. The van der Waals surface area contributed by atoms with E-state index in [2.05, 4.69) is 42.2 Å². The number of fused-ring (bicyclic) bond motifs is 2. The largest absolute Gasteiger partial charge is 0.260 e. The Hall–Kier alpha value is -1.04. The summed E-state index contributed by atoms with van der Waals surface area (Å²) in [7, 11) is 0. The van der Waals surface area contributed by atoms with Gasteiger partial charge in [-0.3, -0.25) is 4.98 Å². The first-order valence-corrected chi connectivity index (χ1v) is 10.7. The van der Waals surface area contributed by atoms with E-state index in [1.165, 1.54) is 38.0 Å². The minimum Gasteiger partial charge on any atom is -0.260 e. The van der Waals surface area contributed by atoms with Crippen molar-refractivity contribution in [2.75, 3.05) is 5.75 Å². The molecule has 2 nitrogen and oxygen atoms in total. The maximum atomic E-state index is 4.83. The molecule has 4 rings (SSSR count). The molecule has 0 spiro atoms. The summed E-state index contributed by atoms with van der Waals surface area (Å²) in [6.07, 6.45) is 5.53. The van der Waals surface area contributed by atoms with Crippen LogP contribution in [0.4, 0.5) is 0 Å². The second-order valence-corrected chi connectivity index (χ2v) is 9.41. The first-order valence-electron chi connectivity index (χ1n) is 7.97. The smallest absolute Gasteiger partial charge is 0.151 e. The van der Waals surface area contributed by atoms with Crippen molar-refractivity contribution in [1.82, 2.24) is 9.97 Å². The molecule has 1 aromatic carbocycles. The van der Waals surface area contributed by atoms with Gasteiger partial charge in [0.05, 0.1) is 21.2 Å². The molecule has 0 saturated heterocycles. The van der Waals surface area contributed by atoms with Gasteiger partial charge in [0.2, 0.25) is 0 Å². The molecule has 0 aliphatic heterocycles.